The van der Waals surface area contributed by atoms with Crippen molar-refractivity contribution in [3.8, 4) is 0 Å². The molecule has 0 aromatic carbocycles. The Hall–Kier alpha value is -0.570. The van der Waals surface area contributed by atoms with Gasteiger partial charge in [-0.1, -0.05) is 27.2 Å². The summed E-state index contributed by atoms with van der Waals surface area (Å²) in [4.78, 5) is 11.4. The summed E-state index contributed by atoms with van der Waals surface area (Å²) >= 11 is 0. The van der Waals surface area contributed by atoms with Crippen molar-refractivity contribution >= 4 is 5.91 Å². The minimum absolute atomic E-state index is 0.0761. The summed E-state index contributed by atoms with van der Waals surface area (Å²) in [5.41, 5.74) is 0. The Morgan fingerprint density at radius 2 is 2.00 bits per heavy atom. The Morgan fingerprint density at radius 1 is 1.36 bits per heavy atom. The molecule has 1 N–H and O–H groups in total. The number of amides is 1. The summed E-state index contributed by atoms with van der Waals surface area (Å²) in [6.07, 6.45) is 2.87. The zero-order valence-corrected chi connectivity index (χ0v) is 9.80. The van der Waals surface area contributed by atoms with E-state index in [2.05, 4.69) is 12.2 Å². The lowest BCUT2D eigenvalue weighted by atomic mass is 10.1. The highest BCUT2D eigenvalue weighted by molar-refractivity contribution is 5.78. The Kier molecular flexibility index (Phi) is 7.48. The molecule has 14 heavy (non-hydrogen) atoms. The SMILES string of the molecule is CCCCOC(C)NC(=O)C(C)CC. The lowest BCUT2D eigenvalue weighted by Crippen LogP contribution is -2.37. The zero-order valence-electron chi connectivity index (χ0n) is 9.80. The van der Waals surface area contributed by atoms with Gasteiger partial charge < -0.3 is 10.1 Å². The summed E-state index contributed by atoms with van der Waals surface area (Å²) in [5, 5.41) is 2.83. The van der Waals surface area contributed by atoms with Gasteiger partial charge in [-0.05, 0) is 19.8 Å². The van der Waals surface area contributed by atoms with Crippen LogP contribution in [0.4, 0.5) is 0 Å². The summed E-state index contributed by atoms with van der Waals surface area (Å²) in [7, 11) is 0. The second-order valence-corrected chi connectivity index (χ2v) is 3.68. The molecular weight excluding hydrogens is 178 g/mol. The normalized spacial score (nSPS) is 14.9. The molecule has 0 spiro atoms. The maximum atomic E-state index is 11.4. The van der Waals surface area contributed by atoms with E-state index in [1.165, 1.54) is 0 Å². The molecule has 0 rings (SSSR count). The quantitative estimate of drug-likeness (QED) is 0.507. The Morgan fingerprint density at radius 3 is 2.50 bits per heavy atom. The molecule has 84 valence electrons. The molecule has 0 saturated carbocycles. The number of hydrogen-bond donors (Lipinski definition) is 1. The van der Waals surface area contributed by atoms with Crippen molar-refractivity contribution in [2.75, 3.05) is 6.61 Å². The lowest BCUT2D eigenvalue weighted by Gasteiger charge is -2.17. The maximum Gasteiger partial charge on any atom is 0.224 e. The number of carbonyl (C=O) groups is 1. The van der Waals surface area contributed by atoms with Crippen LogP contribution < -0.4 is 5.32 Å². The molecule has 2 atom stereocenters. The molecule has 0 aromatic rings. The average Bonchev–Trinajstić information content (AvgIpc) is 2.16. The molecular formula is C11H23NO2. The van der Waals surface area contributed by atoms with Crippen molar-refractivity contribution in [2.45, 2.75) is 53.2 Å². The number of nitrogens with one attached hydrogen (secondary N) is 1. The lowest BCUT2D eigenvalue weighted by molar-refractivity contribution is -0.128. The molecule has 0 radical (unpaired) electrons. The van der Waals surface area contributed by atoms with E-state index < -0.39 is 0 Å². The maximum absolute atomic E-state index is 11.4. The van der Waals surface area contributed by atoms with Gasteiger partial charge in [0.1, 0.15) is 6.23 Å². The van der Waals surface area contributed by atoms with Crippen molar-refractivity contribution in [1.82, 2.24) is 5.32 Å². The first-order valence-electron chi connectivity index (χ1n) is 5.53. The average molecular weight is 201 g/mol. The van der Waals surface area contributed by atoms with E-state index in [0.717, 1.165) is 25.9 Å². The molecule has 0 saturated heterocycles. The Balaban J connectivity index is 3.60. The first-order valence-corrected chi connectivity index (χ1v) is 5.53. The molecule has 0 aliphatic heterocycles. The van der Waals surface area contributed by atoms with Gasteiger partial charge in [-0.2, -0.15) is 0 Å². The first kappa shape index (κ1) is 13.4. The highest BCUT2D eigenvalue weighted by Crippen LogP contribution is 2.01. The van der Waals surface area contributed by atoms with E-state index in [-0.39, 0.29) is 18.1 Å². The summed E-state index contributed by atoms with van der Waals surface area (Å²) in [6.45, 7) is 8.64. The second kappa shape index (κ2) is 7.80. The van der Waals surface area contributed by atoms with E-state index in [0.29, 0.717) is 0 Å². The highest BCUT2D eigenvalue weighted by Gasteiger charge is 2.12. The van der Waals surface area contributed by atoms with Crippen molar-refractivity contribution in [3.05, 3.63) is 0 Å². The van der Waals surface area contributed by atoms with Gasteiger partial charge in [-0.15, -0.1) is 0 Å². The largest absolute Gasteiger partial charge is 0.359 e. The predicted molar refractivity (Wildman–Crippen MR) is 57.9 cm³/mol. The van der Waals surface area contributed by atoms with Gasteiger partial charge in [0.05, 0.1) is 0 Å². The van der Waals surface area contributed by atoms with Crippen LogP contribution >= 0.6 is 0 Å². The predicted octanol–water partition coefficient (Wildman–Crippen LogP) is 2.31. The summed E-state index contributed by atoms with van der Waals surface area (Å²) in [6, 6.07) is 0. The Bertz CT molecular complexity index is 159. The van der Waals surface area contributed by atoms with Crippen molar-refractivity contribution in [1.29, 1.82) is 0 Å². The monoisotopic (exact) mass is 201 g/mol. The third kappa shape index (κ3) is 5.97. The van der Waals surface area contributed by atoms with Crippen LogP contribution in [0.2, 0.25) is 0 Å². The standard InChI is InChI=1S/C11H23NO2/c1-5-7-8-14-10(4)12-11(13)9(3)6-2/h9-10H,5-8H2,1-4H3,(H,12,13). The van der Waals surface area contributed by atoms with Gasteiger partial charge >= 0.3 is 0 Å². The van der Waals surface area contributed by atoms with E-state index in [1.807, 2.05) is 20.8 Å². The Labute approximate surface area is 87.2 Å². The third-order valence-electron chi connectivity index (χ3n) is 2.27. The molecule has 3 heteroatoms. The van der Waals surface area contributed by atoms with Gasteiger partial charge in [0, 0.05) is 12.5 Å². The number of rotatable bonds is 7. The molecule has 2 unspecified atom stereocenters. The topological polar surface area (TPSA) is 38.3 Å². The van der Waals surface area contributed by atoms with Crippen LogP contribution in [0.1, 0.15) is 47.0 Å². The van der Waals surface area contributed by atoms with Crippen LogP contribution in [0.5, 0.6) is 0 Å². The fraction of sp³-hybridized carbons (Fsp3) is 0.909. The third-order valence-corrected chi connectivity index (χ3v) is 2.27. The van der Waals surface area contributed by atoms with Crippen LogP contribution in [-0.4, -0.2) is 18.7 Å². The number of ether oxygens (including phenoxy) is 1. The van der Waals surface area contributed by atoms with Crippen molar-refractivity contribution in [2.24, 2.45) is 5.92 Å². The number of carbonyl (C=O) groups excluding carboxylic acids is 1. The van der Waals surface area contributed by atoms with Gasteiger partial charge in [-0.25, -0.2) is 0 Å². The van der Waals surface area contributed by atoms with E-state index in [9.17, 15) is 4.79 Å². The molecule has 0 aromatic heterocycles. The van der Waals surface area contributed by atoms with Gasteiger partial charge in [0.15, 0.2) is 0 Å². The van der Waals surface area contributed by atoms with Crippen LogP contribution in [0.15, 0.2) is 0 Å². The number of hydrogen-bond acceptors (Lipinski definition) is 2. The van der Waals surface area contributed by atoms with Gasteiger partial charge in [0.2, 0.25) is 5.91 Å². The van der Waals surface area contributed by atoms with E-state index in [1.54, 1.807) is 0 Å². The molecule has 0 aliphatic carbocycles. The van der Waals surface area contributed by atoms with Gasteiger partial charge in [0.25, 0.3) is 0 Å². The fourth-order valence-corrected chi connectivity index (χ4v) is 0.974. The van der Waals surface area contributed by atoms with Crippen LogP contribution in [-0.2, 0) is 9.53 Å². The number of unbranched alkanes of at least 4 members (excludes halogenated alkanes) is 1. The first-order chi connectivity index (χ1) is 6.61. The molecule has 0 heterocycles. The molecule has 1 amide bonds. The fourth-order valence-electron chi connectivity index (χ4n) is 0.974. The van der Waals surface area contributed by atoms with Crippen LogP contribution in [0.3, 0.4) is 0 Å². The molecule has 0 aliphatic rings. The van der Waals surface area contributed by atoms with Crippen LogP contribution in [0, 0.1) is 5.92 Å². The minimum atomic E-state index is -0.164. The molecule has 0 bridgehead atoms. The minimum Gasteiger partial charge on any atom is -0.359 e. The van der Waals surface area contributed by atoms with Crippen molar-refractivity contribution in [3.63, 3.8) is 0 Å². The van der Waals surface area contributed by atoms with Gasteiger partial charge in [-0.3, -0.25) is 4.79 Å². The summed E-state index contributed by atoms with van der Waals surface area (Å²) < 4.78 is 5.42. The van der Waals surface area contributed by atoms with Crippen LogP contribution in [0.25, 0.3) is 0 Å². The van der Waals surface area contributed by atoms with Crippen molar-refractivity contribution < 1.29 is 9.53 Å². The highest BCUT2D eigenvalue weighted by atomic mass is 16.5. The zero-order chi connectivity index (χ0) is 11.0. The smallest absolute Gasteiger partial charge is 0.224 e. The molecule has 0 fully saturated rings. The van der Waals surface area contributed by atoms with E-state index >= 15 is 0 Å². The molecule has 3 nitrogen and oxygen atoms in total. The second-order valence-electron chi connectivity index (χ2n) is 3.68. The summed E-state index contributed by atoms with van der Waals surface area (Å²) in [5.74, 6) is 0.156. The van der Waals surface area contributed by atoms with E-state index in [4.69, 9.17) is 4.74 Å².